The molecular formula is C23H24ClFN4O3S. The van der Waals surface area contributed by atoms with Crippen LogP contribution in [0.3, 0.4) is 0 Å². The SMILES string of the molecule is Cn1ccnc1[C@H](NC(=O)c1ccc(F)c(S(=O)(=O)N2CCCCC2)c1)c1ccc(Cl)cc1. The van der Waals surface area contributed by atoms with Crippen LogP contribution in [-0.4, -0.2) is 41.3 Å². The number of imidazole rings is 1. The van der Waals surface area contributed by atoms with Gasteiger partial charge in [-0.15, -0.1) is 0 Å². The normalized spacial score (nSPS) is 15.8. The predicted octanol–water partition coefficient (Wildman–Crippen LogP) is 3.91. The number of hydrogen-bond acceptors (Lipinski definition) is 4. The zero-order chi connectivity index (χ0) is 23.6. The van der Waals surface area contributed by atoms with Gasteiger partial charge in [-0.2, -0.15) is 4.31 Å². The van der Waals surface area contributed by atoms with E-state index in [9.17, 15) is 17.6 Å². The zero-order valence-corrected chi connectivity index (χ0v) is 19.6. The average Bonchev–Trinajstić information content (AvgIpc) is 3.24. The first-order valence-electron chi connectivity index (χ1n) is 10.6. The number of rotatable bonds is 6. The molecule has 1 fully saturated rings. The molecule has 7 nitrogen and oxygen atoms in total. The van der Waals surface area contributed by atoms with Gasteiger partial charge in [-0.05, 0) is 48.7 Å². The van der Waals surface area contributed by atoms with E-state index in [1.807, 2.05) is 0 Å². The molecule has 2 heterocycles. The molecule has 0 unspecified atom stereocenters. The first kappa shape index (κ1) is 23.4. The maximum Gasteiger partial charge on any atom is 0.252 e. The fourth-order valence-corrected chi connectivity index (χ4v) is 5.64. The van der Waals surface area contributed by atoms with Crippen molar-refractivity contribution in [3.05, 3.63) is 82.6 Å². The predicted molar refractivity (Wildman–Crippen MR) is 123 cm³/mol. The number of halogens is 2. The Bertz CT molecular complexity index is 1250. The second kappa shape index (κ2) is 9.62. The fraction of sp³-hybridized carbons (Fsp3) is 0.304. The highest BCUT2D eigenvalue weighted by molar-refractivity contribution is 7.89. The van der Waals surface area contributed by atoms with Crippen LogP contribution in [-0.2, 0) is 17.1 Å². The average molecular weight is 491 g/mol. The Morgan fingerprint density at radius 3 is 2.45 bits per heavy atom. The van der Waals surface area contributed by atoms with Gasteiger partial charge in [0.1, 0.15) is 22.6 Å². The molecule has 1 aliphatic rings. The fourth-order valence-electron chi connectivity index (χ4n) is 3.91. The highest BCUT2D eigenvalue weighted by Gasteiger charge is 2.30. The molecule has 0 aliphatic carbocycles. The molecule has 0 spiro atoms. The second-order valence-corrected chi connectivity index (χ2v) is 10.3. The lowest BCUT2D eigenvalue weighted by Crippen LogP contribution is -2.36. The van der Waals surface area contributed by atoms with Crippen molar-refractivity contribution < 1.29 is 17.6 Å². The zero-order valence-electron chi connectivity index (χ0n) is 18.0. The number of nitrogens with one attached hydrogen (secondary N) is 1. The van der Waals surface area contributed by atoms with Crippen LogP contribution in [0.1, 0.15) is 47.1 Å². The Kier molecular flexibility index (Phi) is 6.83. The van der Waals surface area contributed by atoms with E-state index in [1.165, 1.54) is 10.4 Å². The van der Waals surface area contributed by atoms with Crippen LogP contribution in [0.2, 0.25) is 5.02 Å². The van der Waals surface area contributed by atoms with Gasteiger partial charge in [-0.3, -0.25) is 4.79 Å². The summed E-state index contributed by atoms with van der Waals surface area (Å²) in [7, 11) is -2.23. The summed E-state index contributed by atoms with van der Waals surface area (Å²) in [5, 5.41) is 3.44. The number of benzene rings is 2. The Morgan fingerprint density at radius 1 is 1.12 bits per heavy atom. The molecule has 0 bridgehead atoms. The van der Waals surface area contributed by atoms with Crippen molar-refractivity contribution in [2.45, 2.75) is 30.2 Å². The number of piperidine rings is 1. The topological polar surface area (TPSA) is 84.3 Å². The molecule has 1 aliphatic heterocycles. The van der Waals surface area contributed by atoms with Crippen molar-refractivity contribution in [3.63, 3.8) is 0 Å². The van der Waals surface area contributed by atoms with E-state index in [0.717, 1.165) is 37.0 Å². The van der Waals surface area contributed by atoms with Gasteiger partial charge >= 0.3 is 0 Å². The van der Waals surface area contributed by atoms with Crippen LogP contribution in [0.25, 0.3) is 0 Å². The molecule has 1 saturated heterocycles. The van der Waals surface area contributed by atoms with Gasteiger partial charge in [0.25, 0.3) is 5.91 Å². The van der Waals surface area contributed by atoms with E-state index >= 15 is 0 Å². The number of sulfonamides is 1. The van der Waals surface area contributed by atoms with Gasteiger partial charge in [-0.25, -0.2) is 17.8 Å². The largest absolute Gasteiger partial charge is 0.338 e. The van der Waals surface area contributed by atoms with Crippen LogP contribution in [0, 0.1) is 5.82 Å². The molecule has 1 amide bonds. The Balaban J connectivity index is 1.66. The molecule has 4 rings (SSSR count). The lowest BCUT2D eigenvalue weighted by Gasteiger charge is -2.26. The number of carbonyl (C=O) groups excluding carboxylic acids is 1. The third-order valence-electron chi connectivity index (χ3n) is 5.72. The minimum absolute atomic E-state index is 0.0418. The van der Waals surface area contributed by atoms with Gasteiger partial charge in [0.2, 0.25) is 10.0 Å². The molecule has 10 heteroatoms. The minimum atomic E-state index is -4.04. The molecule has 2 aromatic carbocycles. The second-order valence-electron chi connectivity index (χ2n) is 7.96. The summed E-state index contributed by atoms with van der Waals surface area (Å²) in [6.07, 6.45) is 5.77. The van der Waals surface area contributed by atoms with Gasteiger partial charge in [0.15, 0.2) is 0 Å². The molecule has 0 saturated carbocycles. The molecule has 1 aromatic heterocycles. The highest BCUT2D eigenvalue weighted by Crippen LogP contribution is 2.26. The Hall–Kier alpha value is -2.75. The summed E-state index contributed by atoms with van der Waals surface area (Å²) in [6, 6.07) is 9.74. The van der Waals surface area contributed by atoms with Gasteiger partial charge in [0, 0.05) is 43.1 Å². The molecule has 174 valence electrons. The summed E-state index contributed by atoms with van der Waals surface area (Å²) < 4.78 is 43.7. The van der Waals surface area contributed by atoms with Crippen LogP contribution >= 0.6 is 11.6 Å². The van der Waals surface area contributed by atoms with E-state index in [2.05, 4.69) is 10.3 Å². The molecule has 33 heavy (non-hydrogen) atoms. The van der Waals surface area contributed by atoms with Gasteiger partial charge < -0.3 is 9.88 Å². The number of aromatic nitrogens is 2. The van der Waals surface area contributed by atoms with E-state index in [1.54, 1.807) is 48.3 Å². The number of nitrogens with zero attached hydrogens (tertiary/aromatic N) is 3. The summed E-state index contributed by atoms with van der Waals surface area (Å²) >= 11 is 6.01. The van der Waals surface area contributed by atoms with Crippen LogP contribution in [0.4, 0.5) is 4.39 Å². The van der Waals surface area contributed by atoms with E-state index in [-0.39, 0.29) is 5.56 Å². The maximum absolute atomic E-state index is 14.6. The van der Waals surface area contributed by atoms with Crippen LogP contribution in [0.5, 0.6) is 0 Å². The van der Waals surface area contributed by atoms with Crippen molar-refractivity contribution in [2.75, 3.05) is 13.1 Å². The molecule has 3 aromatic rings. The maximum atomic E-state index is 14.6. The van der Waals surface area contributed by atoms with Gasteiger partial charge in [-0.1, -0.05) is 30.2 Å². The van der Waals surface area contributed by atoms with E-state index in [4.69, 9.17) is 11.6 Å². The quantitative estimate of drug-likeness (QED) is 0.568. The summed E-state index contributed by atoms with van der Waals surface area (Å²) in [5.41, 5.74) is 0.783. The van der Waals surface area contributed by atoms with Crippen molar-refractivity contribution in [2.24, 2.45) is 7.05 Å². The van der Waals surface area contributed by atoms with Gasteiger partial charge in [0.05, 0.1) is 0 Å². The van der Waals surface area contributed by atoms with Crippen LogP contribution in [0.15, 0.2) is 59.8 Å². The summed E-state index contributed by atoms with van der Waals surface area (Å²) in [5.74, 6) is -0.850. The third kappa shape index (κ3) is 4.95. The Labute approximate surface area is 197 Å². The van der Waals surface area contributed by atoms with Crippen molar-refractivity contribution in [3.8, 4) is 0 Å². The summed E-state index contributed by atoms with van der Waals surface area (Å²) in [4.78, 5) is 17.0. The smallest absolute Gasteiger partial charge is 0.252 e. The summed E-state index contributed by atoms with van der Waals surface area (Å²) in [6.45, 7) is 0.687. The lowest BCUT2D eigenvalue weighted by molar-refractivity contribution is 0.0941. The standard InChI is InChI=1S/C23H24ClFN4O3S/c1-28-14-11-26-22(28)21(16-5-8-18(24)9-6-16)27-23(30)17-7-10-19(25)20(15-17)33(31,32)29-12-3-2-4-13-29/h5-11,14-15,21H,2-4,12-13H2,1H3,(H,27,30)/t21-/m1/s1. The molecule has 0 radical (unpaired) electrons. The number of amides is 1. The lowest BCUT2D eigenvalue weighted by atomic mass is 10.1. The van der Waals surface area contributed by atoms with Crippen molar-refractivity contribution in [1.29, 1.82) is 0 Å². The molecular weight excluding hydrogens is 467 g/mol. The first-order valence-corrected chi connectivity index (χ1v) is 12.4. The van der Waals surface area contributed by atoms with Crippen molar-refractivity contribution >= 4 is 27.5 Å². The van der Waals surface area contributed by atoms with Crippen molar-refractivity contribution in [1.82, 2.24) is 19.2 Å². The first-order chi connectivity index (χ1) is 15.8. The molecule has 1 atom stereocenters. The van der Waals surface area contributed by atoms with Crippen LogP contribution < -0.4 is 5.32 Å². The Morgan fingerprint density at radius 2 is 1.82 bits per heavy atom. The minimum Gasteiger partial charge on any atom is -0.338 e. The highest BCUT2D eigenvalue weighted by atomic mass is 35.5. The molecule has 1 N–H and O–H groups in total. The monoisotopic (exact) mass is 490 g/mol. The third-order valence-corrected chi connectivity index (χ3v) is 7.89. The number of carbonyl (C=O) groups is 1. The van der Waals surface area contributed by atoms with E-state index in [0.29, 0.717) is 23.9 Å². The number of hydrogen-bond donors (Lipinski definition) is 1. The number of aryl methyl sites for hydroxylation is 1. The van der Waals surface area contributed by atoms with E-state index < -0.39 is 32.7 Å².